The van der Waals surface area contributed by atoms with Crippen LogP contribution in [0.2, 0.25) is 0 Å². The van der Waals surface area contributed by atoms with Gasteiger partial charge in [-0.3, -0.25) is 0 Å². The number of hydrogen-bond acceptors (Lipinski definition) is 5. The van der Waals surface area contributed by atoms with Crippen LogP contribution in [0.3, 0.4) is 0 Å². The van der Waals surface area contributed by atoms with Crippen LogP contribution in [0.1, 0.15) is 112 Å². The van der Waals surface area contributed by atoms with Crippen LogP contribution in [-0.2, 0) is 0 Å². The van der Waals surface area contributed by atoms with E-state index in [0.717, 1.165) is 32.1 Å². The van der Waals surface area contributed by atoms with Crippen molar-refractivity contribution in [1.29, 1.82) is 0 Å². The van der Waals surface area contributed by atoms with E-state index in [1.165, 1.54) is 49.7 Å². The van der Waals surface area contributed by atoms with Gasteiger partial charge in [0, 0.05) is 0 Å². The Hall–Kier alpha value is -2.95. The smallest absolute Gasteiger partial charge is 0.383 e. The maximum absolute atomic E-state index is 13.0. The van der Waals surface area contributed by atoms with Crippen molar-refractivity contribution in [3.63, 3.8) is 0 Å². The molecule has 0 amide bonds. The third-order valence-corrected chi connectivity index (χ3v) is 6.75. The van der Waals surface area contributed by atoms with Gasteiger partial charge in [-0.2, -0.15) is 0 Å². The molecule has 0 aliphatic carbocycles. The fraction of sp³-hybridized carbons (Fsp3) is 0.571. The van der Waals surface area contributed by atoms with Gasteiger partial charge in [0.05, 0.1) is 13.2 Å². The summed E-state index contributed by atoms with van der Waals surface area (Å²) >= 11 is 0. The summed E-state index contributed by atoms with van der Waals surface area (Å²) < 4.78 is 24.1. The summed E-state index contributed by atoms with van der Waals surface area (Å²) in [6.07, 6.45) is 21.9. The summed E-state index contributed by atoms with van der Waals surface area (Å²) in [6, 6.07) is 5.51. The lowest BCUT2D eigenvalue weighted by Crippen LogP contribution is -2.12. The van der Waals surface area contributed by atoms with Crippen molar-refractivity contribution in [1.82, 2.24) is 0 Å². The third kappa shape index (κ3) is 12.5. The number of hydrogen-bond donors (Lipinski definition) is 0. The second-order valence-electron chi connectivity index (χ2n) is 10.7. The van der Waals surface area contributed by atoms with E-state index < -0.39 is 5.63 Å². The molecule has 0 fully saturated rings. The molecule has 0 spiro atoms. The fourth-order valence-corrected chi connectivity index (χ4v) is 4.44. The zero-order valence-corrected chi connectivity index (χ0v) is 25.7. The first-order valence-electron chi connectivity index (χ1n) is 15.4. The molecule has 1 heterocycles. The Morgan fingerprint density at radius 3 is 2.25 bits per heavy atom. The SMILES string of the molecule is CC/C=C/CCOc1c(OCCCCCCCCCC)c2c(OC/C=C(\C)CCC=C(C)C)cccc2oc1=O. The highest BCUT2D eigenvalue weighted by Gasteiger charge is 2.21. The van der Waals surface area contributed by atoms with Crippen molar-refractivity contribution >= 4 is 11.0 Å². The van der Waals surface area contributed by atoms with E-state index in [-0.39, 0.29) is 5.75 Å². The van der Waals surface area contributed by atoms with E-state index in [1.807, 2.05) is 12.1 Å². The van der Waals surface area contributed by atoms with Crippen molar-refractivity contribution in [3.05, 3.63) is 64.1 Å². The van der Waals surface area contributed by atoms with E-state index in [1.54, 1.807) is 6.07 Å². The number of benzene rings is 1. The molecule has 0 atom stereocenters. The van der Waals surface area contributed by atoms with Crippen LogP contribution in [0.5, 0.6) is 17.2 Å². The maximum Gasteiger partial charge on any atom is 0.383 e. The summed E-state index contributed by atoms with van der Waals surface area (Å²) in [7, 11) is 0. The van der Waals surface area contributed by atoms with Gasteiger partial charge in [-0.15, -0.1) is 0 Å². The number of fused-ring (bicyclic) bond motifs is 1. The quantitative estimate of drug-likeness (QED) is 0.0876. The number of rotatable bonds is 21. The Morgan fingerprint density at radius 1 is 0.800 bits per heavy atom. The van der Waals surface area contributed by atoms with Crippen LogP contribution in [0.15, 0.2) is 62.9 Å². The van der Waals surface area contributed by atoms with Gasteiger partial charge < -0.3 is 18.6 Å². The number of ether oxygens (including phenoxy) is 3. The molecular weight excluding hydrogens is 500 g/mol. The summed E-state index contributed by atoms with van der Waals surface area (Å²) in [4.78, 5) is 13.0. The van der Waals surface area contributed by atoms with Crippen LogP contribution >= 0.6 is 0 Å². The van der Waals surface area contributed by atoms with Crippen LogP contribution in [0, 0.1) is 0 Å². The minimum absolute atomic E-state index is 0.126. The standard InChI is InChI=1S/C35H52O5/c1-6-8-10-12-13-14-15-17-25-38-33-32-30(37-27-24-29(5)21-18-20-28(3)4)22-19-23-31(32)40-35(36)34(33)39-26-16-11-9-7-2/h9,11,19-20,22-24H,6-8,10,12-18,21,25-27H2,1-5H3/b11-9+,29-24+. The molecule has 0 saturated heterocycles. The molecule has 5 heteroatoms. The second kappa shape index (κ2) is 20.0. The lowest BCUT2D eigenvalue weighted by atomic mass is 10.1. The third-order valence-electron chi connectivity index (χ3n) is 6.75. The Labute approximate surface area is 242 Å². The Kier molecular flexibility index (Phi) is 16.6. The van der Waals surface area contributed by atoms with E-state index in [4.69, 9.17) is 18.6 Å². The van der Waals surface area contributed by atoms with Gasteiger partial charge in [0.25, 0.3) is 0 Å². The molecule has 0 radical (unpaired) electrons. The van der Waals surface area contributed by atoms with Gasteiger partial charge in [0.1, 0.15) is 23.3 Å². The maximum atomic E-state index is 13.0. The molecular formula is C35H52O5. The molecule has 5 nitrogen and oxygen atoms in total. The van der Waals surface area contributed by atoms with Crippen molar-refractivity contribution in [2.75, 3.05) is 19.8 Å². The molecule has 40 heavy (non-hydrogen) atoms. The van der Waals surface area contributed by atoms with Gasteiger partial charge in [0.2, 0.25) is 5.75 Å². The molecule has 0 unspecified atom stereocenters. The lowest BCUT2D eigenvalue weighted by Gasteiger charge is -2.16. The van der Waals surface area contributed by atoms with Crippen molar-refractivity contribution in [2.24, 2.45) is 0 Å². The predicted molar refractivity (Wildman–Crippen MR) is 168 cm³/mol. The average molecular weight is 553 g/mol. The topological polar surface area (TPSA) is 57.9 Å². The van der Waals surface area contributed by atoms with Crippen molar-refractivity contribution < 1.29 is 18.6 Å². The van der Waals surface area contributed by atoms with E-state index in [9.17, 15) is 4.79 Å². The first-order valence-corrected chi connectivity index (χ1v) is 15.4. The van der Waals surface area contributed by atoms with Gasteiger partial charge in [-0.1, -0.05) is 94.2 Å². The first-order chi connectivity index (χ1) is 19.5. The molecule has 1 aromatic heterocycles. The van der Waals surface area contributed by atoms with Gasteiger partial charge >= 0.3 is 5.63 Å². The molecule has 2 aromatic rings. The molecule has 0 bridgehead atoms. The highest BCUT2D eigenvalue weighted by molar-refractivity contribution is 5.91. The molecule has 222 valence electrons. The molecule has 0 aliphatic rings. The lowest BCUT2D eigenvalue weighted by molar-refractivity contribution is 0.256. The molecule has 0 saturated carbocycles. The van der Waals surface area contributed by atoms with Gasteiger partial charge in [0.15, 0.2) is 5.75 Å². The zero-order chi connectivity index (χ0) is 29.0. The Balaban J connectivity index is 2.19. The van der Waals surface area contributed by atoms with Crippen molar-refractivity contribution in [3.8, 4) is 17.2 Å². The Morgan fingerprint density at radius 2 is 1.52 bits per heavy atom. The minimum Gasteiger partial charge on any atom is -0.489 e. The van der Waals surface area contributed by atoms with E-state index in [0.29, 0.717) is 48.7 Å². The van der Waals surface area contributed by atoms with Crippen LogP contribution in [-0.4, -0.2) is 19.8 Å². The Bertz CT molecular complexity index is 1130. The van der Waals surface area contributed by atoms with Crippen LogP contribution in [0.4, 0.5) is 0 Å². The zero-order valence-electron chi connectivity index (χ0n) is 25.7. The van der Waals surface area contributed by atoms with Gasteiger partial charge in [-0.25, -0.2) is 4.79 Å². The number of allylic oxidation sites excluding steroid dienone is 4. The summed E-state index contributed by atoms with van der Waals surface area (Å²) in [6.45, 7) is 12.0. The molecule has 2 rings (SSSR count). The highest BCUT2D eigenvalue weighted by Crippen LogP contribution is 2.39. The monoisotopic (exact) mass is 552 g/mol. The molecule has 0 N–H and O–H groups in total. The van der Waals surface area contributed by atoms with Crippen LogP contribution in [0.25, 0.3) is 11.0 Å². The summed E-state index contributed by atoms with van der Waals surface area (Å²) in [5.74, 6) is 1.17. The molecule has 1 aromatic carbocycles. The second-order valence-corrected chi connectivity index (χ2v) is 10.7. The highest BCUT2D eigenvalue weighted by atomic mass is 16.5. The van der Waals surface area contributed by atoms with Crippen molar-refractivity contribution in [2.45, 2.75) is 112 Å². The fourth-order valence-electron chi connectivity index (χ4n) is 4.44. The van der Waals surface area contributed by atoms with Crippen LogP contribution < -0.4 is 19.8 Å². The average Bonchev–Trinajstić information content (AvgIpc) is 2.92. The summed E-state index contributed by atoms with van der Waals surface area (Å²) in [5.41, 5.74) is 2.53. The largest absolute Gasteiger partial charge is 0.489 e. The minimum atomic E-state index is -0.523. The number of unbranched alkanes of at least 4 members (excludes halogenated alkanes) is 7. The molecule has 0 aliphatic heterocycles. The van der Waals surface area contributed by atoms with Gasteiger partial charge in [-0.05, 0) is 71.1 Å². The van der Waals surface area contributed by atoms with E-state index in [2.05, 4.69) is 58.9 Å². The summed E-state index contributed by atoms with van der Waals surface area (Å²) in [5, 5.41) is 0.649. The first kappa shape index (κ1) is 33.3. The normalized spacial score (nSPS) is 11.8. The van der Waals surface area contributed by atoms with E-state index >= 15 is 0 Å². The predicted octanol–water partition coefficient (Wildman–Crippen LogP) is 10.1.